The number of aromatic nitrogens is 1. The van der Waals surface area contributed by atoms with Crippen molar-refractivity contribution < 1.29 is 27.6 Å². The summed E-state index contributed by atoms with van der Waals surface area (Å²) in [7, 11) is 0. The van der Waals surface area contributed by atoms with Gasteiger partial charge in [0.2, 0.25) is 0 Å². The topological polar surface area (TPSA) is 81.2 Å². The number of amides is 1. The Labute approximate surface area is 193 Å². The van der Waals surface area contributed by atoms with Gasteiger partial charge < -0.3 is 23.8 Å². The summed E-state index contributed by atoms with van der Waals surface area (Å²) in [6, 6.07) is 2.18. The average molecular weight is 481 g/mol. The molecule has 11 heteroatoms. The molecule has 1 atom stereocenters. The van der Waals surface area contributed by atoms with E-state index in [1.165, 1.54) is 6.20 Å². The van der Waals surface area contributed by atoms with E-state index in [4.69, 9.17) is 9.47 Å². The van der Waals surface area contributed by atoms with E-state index < -0.39 is 28.8 Å². The van der Waals surface area contributed by atoms with Gasteiger partial charge in [-0.05, 0) is 6.07 Å². The highest BCUT2D eigenvalue weighted by Crippen LogP contribution is 2.38. The number of hydrogen-bond acceptors (Lipinski definition) is 7. The van der Waals surface area contributed by atoms with Crippen molar-refractivity contribution in [2.75, 3.05) is 63.6 Å². The Kier molecular flexibility index (Phi) is 6.17. The third kappa shape index (κ3) is 4.28. The van der Waals surface area contributed by atoms with Crippen molar-refractivity contribution in [3.63, 3.8) is 0 Å². The smallest absolute Gasteiger partial charge is 0.257 e. The molecule has 1 amide bonds. The zero-order chi connectivity index (χ0) is 23.2. The maximum absolute atomic E-state index is 14.3. The minimum Gasteiger partial charge on any atom is -0.598 e. The highest BCUT2D eigenvalue weighted by atomic mass is 32.2. The molecule has 4 heterocycles. The molecule has 0 N–H and O–H groups in total. The first-order valence-electron chi connectivity index (χ1n) is 11.1. The lowest BCUT2D eigenvalue weighted by Gasteiger charge is -2.40. The van der Waals surface area contributed by atoms with E-state index in [0.29, 0.717) is 87.5 Å². The van der Waals surface area contributed by atoms with Crippen LogP contribution in [-0.2, 0) is 20.8 Å². The molecular weight excluding hydrogens is 454 g/mol. The molecule has 2 aromatic rings. The summed E-state index contributed by atoms with van der Waals surface area (Å²) >= 11 is -1.09. The van der Waals surface area contributed by atoms with Crippen LogP contribution in [0.1, 0.15) is 23.2 Å². The number of nitrogens with zero attached hydrogens (tertiary/aromatic N) is 4. The number of halogens is 2. The van der Waals surface area contributed by atoms with E-state index in [0.717, 1.165) is 12.1 Å². The number of hydrogen-bond donors (Lipinski definition) is 0. The molecule has 3 saturated heterocycles. The zero-order valence-electron chi connectivity index (χ0n) is 18.4. The third-order valence-electron chi connectivity index (χ3n) is 6.66. The summed E-state index contributed by atoms with van der Waals surface area (Å²) in [5.74, 6) is -2.79. The molecule has 1 spiro atoms. The zero-order valence-corrected chi connectivity index (χ0v) is 19.2. The van der Waals surface area contributed by atoms with Crippen LogP contribution in [0.15, 0.2) is 18.3 Å². The lowest BCUT2D eigenvalue weighted by molar-refractivity contribution is -0.169. The highest BCUT2D eigenvalue weighted by Gasteiger charge is 2.41. The summed E-state index contributed by atoms with van der Waals surface area (Å²) < 4.78 is 53.4. The number of benzene rings is 1. The van der Waals surface area contributed by atoms with E-state index in [1.54, 1.807) is 11.2 Å². The third-order valence-corrected chi connectivity index (χ3v) is 7.75. The molecule has 0 bridgehead atoms. The molecule has 33 heavy (non-hydrogen) atoms. The largest absolute Gasteiger partial charge is 0.598 e. The predicted octanol–water partition coefficient (Wildman–Crippen LogP) is 1.91. The summed E-state index contributed by atoms with van der Waals surface area (Å²) in [6.07, 6.45) is 4.29. The van der Waals surface area contributed by atoms with Gasteiger partial charge >= 0.3 is 0 Å². The molecule has 0 saturated carbocycles. The lowest BCUT2D eigenvalue weighted by atomic mass is 9.99. The van der Waals surface area contributed by atoms with Gasteiger partial charge in [0.15, 0.2) is 17.4 Å². The van der Waals surface area contributed by atoms with Crippen LogP contribution >= 0.6 is 0 Å². The van der Waals surface area contributed by atoms with Gasteiger partial charge in [0.25, 0.3) is 5.91 Å². The molecule has 0 aliphatic carbocycles. The fraction of sp³-hybridized carbons (Fsp3) is 0.545. The van der Waals surface area contributed by atoms with Crippen LogP contribution in [0.2, 0.25) is 0 Å². The number of fused-ring (bicyclic) bond motifs is 1. The fourth-order valence-corrected chi connectivity index (χ4v) is 5.52. The van der Waals surface area contributed by atoms with Crippen LogP contribution in [0.4, 0.5) is 14.5 Å². The first-order chi connectivity index (χ1) is 15.9. The van der Waals surface area contributed by atoms with E-state index in [9.17, 15) is 18.1 Å². The summed E-state index contributed by atoms with van der Waals surface area (Å²) in [5.41, 5.74) is 1.20. The second kappa shape index (κ2) is 8.95. The van der Waals surface area contributed by atoms with Gasteiger partial charge in [-0.2, -0.15) is 0 Å². The number of carbonyl (C=O) groups excluding carboxylic acids is 1. The van der Waals surface area contributed by atoms with Crippen molar-refractivity contribution >= 4 is 33.9 Å². The van der Waals surface area contributed by atoms with Gasteiger partial charge in [0, 0.05) is 68.0 Å². The number of rotatable bonds is 3. The van der Waals surface area contributed by atoms with Crippen molar-refractivity contribution in [3.8, 4) is 0 Å². The second-order valence-electron chi connectivity index (χ2n) is 8.54. The number of piperazine rings is 1. The molecule has 1 unspecified atom stereocenters. The number of carbonyl (C=O) groups is 1. The molecule has 3 fully saturated rings. The van der Waals surface area contributed by atoms with Crippen molar-refractivity contribution in [1.29, 1.82) is 0 Å². The second-order valence-corrected chi connectivity index (χ2v) is 9.91. The molecule has 1 aromatic heterocycles. The van der Waals surface area contributed by atoms with Crippen LogP contribution in [0.3, 0.4) is 0 Å². The molecule has 0 radical (unpaired) electrons. The Morgan fingerprint density at radius 2 is 1.70 bits per heavy atom. The lowest BCUT2D eigenvalue weighted by Crippen LogP contribution is -2.50. The average Bonchev–Trinajstić information content (AvgIpc) is 3.27. The predicted molar refractivity (Wildman–Crippen MR) is 119 cm³/mol. The maximum atomic E-state index is 14.3. The maximum Gasteiger partial charge on any atom is 0.257 e. The summed E-state index contributed by atoms with van der Waals surface area (Å²) in [5, 5.41) is 0.400. The van der Waals surface area contributed by atoms with Crippen molar-refractivity contribution in [3.05, 3.63) is 35.5 Å². The quantitative estimate of drug-likeness (QED) is 0.621. The number of piperidine rings is 1. The van der Waals surface area contributed by atoms with E-state index in [1.807, 2.05) is 9.21 Å². The fourth-order valence-electron chi connectivity index (χ4n) is 4.85. The van der Waals surface area contributed by atoms with Gasteiger partial charge in [-0.1, -0.05) is 0 Å². The Hall–Kier alpha value is -2.05. The van der Waals surface area contributed by atoms with Crippen LogP contribution in [0, 0.1) is 11.6 Å². The standard InChI is InChI=1S/C22H26F2N4O4S/c1-33(30)28-8-6-27(7-9-28)21(29)16-14-25-19-13-18(24)17(23)12-15(19)20(16)26-4-2-22(3-5-26)31-10-11-32-22/h12-14H,2-11H2,1H3. The molecule has 3 aliphatic heterocycles. The molecular formula is C22H26F2N4O4S. The number of ether oxygens (including phenoxy) is 2. The molecule has 1 aromatic carbocycles. The van der Waals surface area contributed by atoms with E-state index in [2.05, 4.69) is 4.98 Å². The number of anilines is 1. The first-order valence-corrected chi connectivity index (χ1v) is 12.6. The minimum absolute atomic E-state index is 0.223. The van der Waals surface area contributed by atoms with Crippen LogP contribution in [-0.4, -0.2) is 89.2 Å². The van der Waals surface area contributed by atoms with Gasteiger partial charge in [0.1, 0.15) is 6.26 Å². The summed E-state index contributed by atoms with van der Waals surface area (Å²) in [6.45, 7) is 4.07. The monoisotopic (exact) mass is 480 g/mol. The van der Waals surface area contributed by atoms with Gasteiger partial charge in [-0.15, -0.1) is 4.31 Å². The molecule has 178 valence electrons. The Morgan fingerprint density at radius 1 is 1.06 bits per heavy atom. The van der Waals surface area contributed by atoms with Crippen molar-refractivity contribution in [2.45, 2.75) is 18.6 Å². The van der Waals surface area contributed by atoms with Crippen LogP contribution in [0.5, 0.6) is 0 Å². The molecule has 8 nitrogen and oxygen atoms in total. The first kappa shape index (κ1) is 22.7. The van der Waals surface area contributed by atoms with E-state index >= 15 is 0 Å². The van der Waals surface area contributed by atoms with E-state index in [-0.39, 0.29) is 5.91 Å². The SMILES string of the molecule is C[S+]([O-])N1CCN(C(=O)c2cnc3cc(F)c(F)cc3c2N2CCC3(CC2)OCCO3)CC1. The Bertz CT molecular complexity index is 1050. The van der Waals surface area contributed by atoms with Crippen molar-refractivity contribution in [1.82, 2.24) is 14.2 Å². The van der Waals surface area contributed by atoms with Crippen molar-refractivity contribution in [2.24, 2.45) is 0 Å². The normalized spacial score (nSPS) is 22.3. The Morgan fingerprint density at radius 3 is 2.33 bits per heavy atom. The Balaban J connectivity index is 1.49. The van der Waals surface area contributed by atoms with Crippen LogP contribution < -0.4 is 4.90 Å². The molecule has 3 aliphatic rings. The molecule has 5 rings (SSSR count). The summed E-state index contributed by atoms with van der Waals surface area (Å²) in [4.78, 5) is 21.5. The highest BCUT2D eigenvalue weighted by molar-refractivity contribution is 7.88. The van der Waals surface area contributed by atoms with Gasteiger partial charge in [0.05, 0.1) is 43.1 Å². The van der Waals surface area contributed by atoms with Crippen LogP contribution in [0.25, 0.3) is 10.9 Å². The minimum atomic E-state index is -1.09. The van der Waals surface area contributed by atoms with Gasteiger partial charge in [-0.3, -0.25) is 9.78 Å². The van der Waals surface area contributed by atoms with Gasteiger partial charge in [-0.25, -0.2) is 8.78 Å². The number of pyridine rings is 1.